The number of benzene rings is 1. The molecule has 5 rings (SSSR count). The Labute approximate surface area is 256 Å². The largest absolute Gasteiger partial charge is 0.492 e. The predicted octanol–water partition coefficient (Wildman–Crippen LogP) is 6.94. The van der Waals surface area contributed by atoms with Crippen molar-refractivity contribution in [1.82, 2.24) is 14.3 Å². The zero-order valence-electron chi connectivity index (χ0n) is 24.4. The highest BCUT2D eigenvalue weighted by atomic mass is 32.1. The van der Waals surface area contributed by atoms with Gasteiger partial charge in [0.15, 0.2) is 0 Å². The number of rotatable bonds is 8. The van der Waals surface area contributed by atoms with Gasteiger partial charge in [0.2, 0.25) is 0 Å². The maximum absolute atomic E-state index is 13.5. The van der Waals surface area contributed by atoms with Crippen molar-refractivity contribution in [3.63, 3.8) is 0 Å². The number of piperidine rings is 1. The number of likely N-dealkylation sites (tertiary alicyclic amines) is 1. The van der Waals surface area contributed by atoms with Crippen LogP contribution in [0.2, 0.25) is 0 Å². The average Bonchev–Trinajstić information content (AvgIpc) is 3.58. The molecule has 1 fully saturated rings. The van der Waals surface area contributed by atoms with Crippen LogP contribution < -0.4 is 15.2 Å². The van der Waals surface area contributed by atoms with Gasteiger partial charge in [0.25, 0.3) is 5.91 Å². The van der Waals surface area contributed by atoms with E-state index in [1.165, 1.54) is 23.1 Å². The smallest absolute Gasteiger partial charge is 0.416 e. The molecule has 0 bridgehead atoms. The number of carbonyl (C=O) groups is 2. The number of thiophene rings is 1. The van der Waals surface area contributed by atoms with Crippen LogP contribution in [0, 0.1) is 11.3 Å². The first-order valence-corrected chi connectivity index (χ1v) is 14.9. The van der Waals surface area contributed by atoms with Gasteiger partial charge < -0.3 is 25.2 Å². The number of hydrogen-bond donors (Lipinski definition) is 2. The number of imidazole rings is 1. The number of carbonyl (C=O) groups excluding carboxylic acids is 1. The van der Waals surface area contributed by atoms with E-state index in [1.54, 1.807) is 35.0 Å². The summed E-state index contributed by atoms with van der Waals surface area (Å²) in [6, 6.07) is 10.1. The number of alkyl halides is 3. The van der Waals surface area contributed by atoms with Gasteiger partial charge in [0.05, 0.1) is 35.1 Å². The molecule has 2 unspecified atom stereocenters. The summed E-state index contributed by atoms with van der Waals surface area (Å²) in [5, 5.41) is 9.65. The molecule has 0 spiro atoms. The minimum atomic E-state index is -4.55. The lowest BCUT2D eigenvalue weighted by Gasteiger charge is -2.44. The molecule has 1 aliphatic rings. The summed E-state index contributed by atoms with van der Waals surface area (Å²) >= 11 is 1.06. The molecule has 0 aliphatic carbocycles. The van der Waals surface area contributed by atoms with Gasteiger partial charge in [-0.05, 0) is 42.4 Å². The minimum absolute atomic E-state index is 0.0674. The van der Waals surface area contributed by atoms with E-state index in [0.717, 1.165) is 17.4 Å². The van der Waals surface area contributed by atoms with E-state index in [2.05, 4.69) is 4.98 Å². The fraction of sp³-hybridized carbons (Fsp3) is 0.387. The van der Waals surface area contributed by atoms with E-state index < -0.39 is 30.3 Å². The van der Waals surface area contributed by atoms with Crippen molar-refractivity contribution in [2.75, 3.05) is 13.2 Å². The lowest BCUT2D eigenvalue weighted by Crippen LogP contribution is -2.52. The fourth-order valence-electron chi connectivity index (χ4n) is 5.54. The molecule has 3 N–H and O–H groups in total. The number of nitrogens with two attached hydrogens (primary N) is 1. The molecule has 2 atom stereocenters. The number of fused-ring (bicyclic) bond motifs is 1. The third-order valence-corrected chi connectivity index (χ3v) is 8.95. The van der Waals surface area contributed by atoms with Crippen molar-refractivity contribution in [2.24, 2.45) is 17.1 Å². The highest BCUT2D eigenvalue weighted by Crippen LogP contribution is 2.39. The molecule has 4 aromatic rings. The van der Waals surface area contributed by atoms with E-state index in [1.807, 2.05) is 20.8 Å². The first kappa shape index (κ1) is 31.2. The maximum atomic E-state index is 13.5. The van der Waals surface area contributed by atoms with Crippen LogP contribution >= 0.6 is 11.3 Å². The number of ether oxygens (including phenoxy) is 2. The summed E-state index contributed by atoms with van der Waals surface area (Å²) in [6.07, 6.45) is -0.681. The third kappa shape index (κ3) is 6.62. The van der Waals surface area contributed by atoms with Gasteiger partial charge in [0.1, 0.15) is 28.6 Å². The molecule has 3 aromatic heterocycles. The van der Waals surface area contributed by atoms with Crippen molar-refractivity contribution in [1.29, 1.82) is 0 Å². The summed E-state index contributed by atoms with van der Waals surface area (Å²) in [7, 11) is 0. The van der Waals surface area contributed by atoms with Gasteiger partial charge in [-0.1, -0.05) is 39.0 Å². The minimum Gasteiger partial charge on any atom is -0.492 e. The van der Waals surface area contributed by atoms with Crippen LogP contribution in [0.15, 0.2) is 54.9 Å². The van der Waals surface area contributed by atoms with Crippen molar-refractivity contribution in [3.05, 3.63) is 70.9 Å². The number of primary amides is 1. The number of nitrogens with zero attached hydrogens (tertiary/aromatic N) is 3. The molecule has 4 heterocycles. The Bertz CT molecular complexity index is 1680. The van der Waals surface area contributed by atoms with E-state index in [9.17, 15) is 27.9 Å². The molecular formula is C31H33F3N4O5S. The first-order chi connectivity index (χ1) is 20.7. The van der Waals surface area contributed by atoms with Crippen molar-refractivity contribution in [2.45, 2.75) is 52.4 Å². The summed E-state index contributed by atoms with van der Waals surface area (Å²) in [5.41, 5.74) is 5.73. The summed E-state index contributed by atoms with van der Waals surface area (Å²) in [6.45, 7) is 6.58. The van der Waals surface area contributed by atoms with Crippen LogP contribution in [0.4, 0.5) is 18.0 Å². The molecule has 234 valence electrons. The van der Waals surface area contributed by atoms with Gasteiger partial charge >= 0.3 is 12.3 Å². The third-order valence-electron chi connectivity index (χ3n) is 7.80. The lowest BCUT2D eigenvalue weighted by atomic mass is 9.77. The van der Waals surface area contributed by atoms with Gasteiger partial charge in [-0.3, -0.25) is 9.20 Å². The summed E-state index contributed by atoms with van der Waals surface area (Å²) in [5.74, 6) is 0.0701. The number of carboxylic acid groups (broad SMARTS) is 1. The topological polar surface area (TPSA) is 119 Å². The van der Waals surface area contributed by atoms with Crippen molar-refractivity contribution in [3.8, 4) is 22.1 Å². The van der Waals surface area contributed by atoms with Gasteiger partial charge in [0, 0.05) is 24.2 Å². The molecule has 1 aromatic carbocycles. The van der Waals surface area contributed by atoms with E-state index in [-0.39, 0.29) is 33.6 Å². The van der Waals surface area contributed by atoms with Crippen LogP contribution in [0.5, 0.6) is 11.5 Å². The standard InChI is InChI=1S/C31H33F3N4O5S/c1-30(2,3)25-12-18(10-11-37(25)29(40)41)16-42-20-8-9-26-36-14-22(38(26)15-20)24-13-23(27(44-24)28(35)39)43-17-19-6-4-5-7-21(19)31(32,33)34/h4-9,13-15,18,25H,10-12,16-17H2,1-3H3,(H2,35,39)(H,40,41). The quantitative estimate of drug-likeness (QED) is 0.218. The Hall–Kier alpha value is -4.26. The normalized spacial score (nSPS) is 17.5. The molecule has 0 radical (unpaired) electrons. The second kappa shape index (κ2) is 12.0. The van der Waals surface area contributed by atoms with Gasteiger partial charge in [-0.25, -0.2) is 9.78 Å². The van der Waals surface area contributed by atoms with Crippen molar-refractivity contribution >= 4 is 29.0 Å². The number of hydrogen-bond acceptors (Lipinski definition) is 6. The Kier molecular flexibility index (Phi) is 8.52. The highest BCUT2D eigenvalue weighted by Gasteiger charge is 2.39. The Morgan fingerprint density at radius 1 is 1.14 bits per heavy atom. The van der Waals surface area contributed by atoms with Crippen LogP contribution in [-0.2, 0) is 12.8 Å². The van der Waals surface area contributed by atoms with Crippen molar-refractivity contribution < 1.29 is 37.3 Å². The zero-order valence-corrected chi connectivity index (χ0v) is 25.2. The van der Waals surface area contributed by atoms with E-state index >= 15 is 0 Å². The highest BCUT2D eigenvalue weighted by molar-refractivity contribution is 7.17. The van der Waals surface area contributed by atoms with Gasteiger partial charge in [-0.2, -0.15) is 13.2 Å². The number of halogens is 3. The Balaban J connectivity index is 1.34. The molecule has 1 saturated heterocycles. The molecule has 44 heavy (non-hydrogen) atoms. The average molecular weight is 631 g/mol. The SMILES string of the molecule is CC(C)(C)C1CC(COc2ccc3ncc(-c4cc(OCc5ccccc5C(F)(F)F)c(C(N)=O)s4)n3c2)CCN1C(=O)O. The van der Waals surface area contributed by atoms with Crippen LogP contribution in [0.25, 0.3) is 16.2 Å². The summed E-state index contributed by atoms with van der Waals surface area (Å²) < 4.78 is 54.0. The zero-order chi connectivity index (χ0) is 31.8. The van der Waals surface area contributed by atoms with Crippen LogP contribution in [0.1, 0.15) is 54.4 Å². The maximum Gasteiger partial charge on any atom is 0.416 e. The molecule has 0 saturated carbocycles. The van der Waals surface area contributed by atoms with E-state index in [4.69, 9.17) is 15.2 Å². The monoisotopic (exact) mass is 630 g/mol. The first-order valence-electron chi connectivity index (χ1n) is 14.0. The molecule has 1 aliphatic heterocycles. The molecule has 2 amide bonds. The van der Waals surface area contributed by atoms with Crippen LogP contribution in [-0.4, -0.2) is 50.6 Å². The summed E-state index contributed by atoms with van der Waals surface area (Å²) in [4.78, 5) is 30.6. The number of pyridine rings is 1. The van der Waals surface area contributed by atoms with E-state index in [0.29, 0.717) is 48.0 Å². The second-order valence-electron chi connectivity index (χ2n) is 11.9. The Morgan fingerprint density at radius 2 is 1.89 bits per heavy atom. The Morgan fingerprint density at radius 3 is 2.57 bits per heavy atom. The lowest BCUT2D eigenvalue weighted by molar-refractivity contribution is -0.138. The second-order valence-corrected chi connectivity index (χ2v) is 13.0. The fourth-order valence-corrected chi connectivity index (χ4v) is 6.50. The number of amides is 2. The number of aromatic nitrogens is 2. The molecule has 9 nitrogen and oxygen atoms in total. The van der Waals surface area contributed by atoms with Gasteiger partial charge in [-0.15, -0.1) is 11.3 Å². The molecular weight excluding hydrogens is 597 g/mol. The predicted molar refractivity (Wildman–Crippen MR) is 159 cm³/mol. The molecule has 13 heteroatoms. The van der Waals surface area contributed by atoms with Crippen LogP contribution in [0.3, 0.4) is 0 Å².